The van der Waals surface area contributed by atoms with Gasteiger partial charge >= 0.3 is 0 Å². The molecule has 6 nitrogen and oxygen atoms in total. The van der Waals surface area contributed by atoms with Crippen molar-refractivity contribution in [2.24, 2.45) is 0 Å². The number of anilines is 1. The van der Waals surface area contributed by atoms with E-state index in [1.807, 2.05) is 60.4 Å². The zero-order valence-electron chi connectivity index (χ0n) is 16.3. The maximum atomic E-state index is 13.0. The van der Waals surface area contributed by atoms with E-state index < -0.39 is 6.04 Å². The third kappa shape index (κ3) is 3.19. The molecule has 6 heteroatoms. The van der Waals surface area contributed by atoms with Crippen molar-refractivity contribution in [3.63, 3.8) is 0 Å². The molecule has 0 unspecified atom stereocenters. The molecular formula is C22H25N3O3. The number of methoxy groups -OCH3 is 1. The number of carbonyl (C=O) groups is 2. The lowest BCUT2D eigenvalue weighted by Crippen LogP contribution is -2.54. The van der Waals surface area contributed by atoms with Gasteiger partial charge in [0.25, 0.3) is 5.91 Å². The summed E-state index contributed by atoms with van der Waals surface area (Å²) < 4.78 is 5.45. The van der Waals surface area contributed by atoms with Crippen LogP contribution in [0.2, 0.25) is 0 Å². The van der Waals surface area contributed by atoms with E-state index in [1.54, 1.807) is 12.0 Å². The van der Waals surface area contributed by atoms with Crippen LogP contribution in [0.1, 0.15) is 22.8 Å². The molecule has 1 fully saturated rings. The summed E-state index contributed by atoms with van der Waals surface area (Å²) in [6, 6.07) is 15.1. The summed E-state index contributed by atoms with van der Waals surface area (Å²) in [5.74, 6) is 0.806. The molecule has 0 spiro atoms. The molecule has 2 aliphatic heterocycles. The Hall–Kier alpha value is -3.02. The van der Waals surface area contributed by atoms with Gasteiger partial charge in [-0.2, -0.15) is 0 Å². The fraction of sp³-hybridized carbons (Fsp3) is 0.364. The molecule has 2 aromatic rings. The molecule has 0 aromatic heterocycles. The molecule has 0 N–H and O–H groups in total. The van der Waals surface area contributed by atoms with Crippen LogP contribution in [-0.4, -0.2) is 60.9 Å². The highest BCUT2D eigenvalue weighted by atomic mass is 16.5. The molecule has 4 rings (SSSR count). The van der Waals surface area contributed by atoms with Crippen LogP contribution >= 0.6 is 0 Å². The average molecular weight is 379 g/mol. The topological polar surface area (TPSA) is 53.1 Å². The summed E-state index contributed by atoms with van der Waals surface area (Å²) in [5, 5.41) is 0. The Morgan fingerprint density at radius 1 is 1.00 bits per heavy atom. The third-order valence-corrected chi connectivity index (χ3v) is 5.69. The smallest absolute Gasteiger partial charge is 0.255 e. The Morgan fingerprint density at radius 2 is 1.68 bits per heavy atom. The molecule has 2 aliphatic rings. The molecule has 0 bridgehead atoms. The summed E-state index contributed by atoms with van der Waals surface area (Å²) in [6.07, 6.45) is 0. The summed E-state index contributed by atoms with van der Waals surface area (Å²) in [6.45, 7) is 5.09. The maximum Gasteiger partial charge on any atom is 0.255 e. The highest BCUT2D eigenvalue weighted by Crippen LogP contribution is 2.29. The predicted octanol–water partition coefficient (Wildman–Crippen LogP) is 2.39. The number of hydrogen-bond donors (Lipinski definition) is 0. The average Bonchev–Trinajstić information content (AvgIpc) is 3.09. The summed E-state index contributed by atoms with van der Waals surface area (Å²) in [7, 11) is 1.67. The van der Waals surface area contributed by atoms with Gasteiger partial charge in [-0.15, -0.1) is 0 Å². The molecule has 146 valence electrons. The minimum absolute atomic E-state index is 0.0147. The molecule has 0 saturated carbocycles. The Balaban J connectivity index is 1.40. The van der Waals surface area contributed by atoms with E-state index >= 15 is 0 Å². The molecular weight excluding hydrogens is 354 g/mol. The number of carbonyl (C=O) groups excluding carboxylic acids is 2. The SMILES string of the molecule is COc1ccccc1N1CCN(C(=O)[C@H](C)N2Cc3ccccc3C2=O)CC1. The number of nitrogens with zero attached hydrogens (tertiary/aromatic N) is 3. The highest BCUT2D eigenvalue weighted by molar-refractivity contribution is 6.01. The fourth-order valence-corrected chi connectivity index (χ4v) is 4.05. The van der Waals surface area contributed by atoms with Crippen LogP contribution in [0.5, 0.6) is 5.75 Å². The number of piperazine rings is 1. The molecule has 2 heterocycles. The van der Waals surface area contributed by atoms with Gasteiger partial charge in [0.05, 0.1) is 12.8 Å². The van der Waals surface area contributed by atoms with E-state index in [0.29, 0.717) is 25.2 Å². The summed E-state index contributed by atoms with van der Waals surface area (Å²) >= 11 is 0. The standard InChI is InChI=1S/C22H25N3O3/c1-16(25-15-17-7-3-4-8-18(17)22(25)27)21(26)24-13-11-23(12-14-24)19-9-5-6-10-20(19)28-2/h3-10,16H,11-15H2,1-2H3/t16-/m0/s1. The van der Waals surface area contributed by atoms with Gasteiger partial charge in [0.15, 0.2) is 0 Å². The van der Waals surface area contributed by atoms with Crippen LogP contribution in [0, 0.1) is 0 Å². The molecule has 1 atom stereocenters. The van der Waals surface area contributed by atoms with Crippen molar-refractivity contribution in [3.05, 3.63) is 59.7 Å². The van der Waals surface area contributed by atoms with Crippen molar-refractivity contribution in [2.75, 3.05) is 38.2 Å². The molecule has 2 aromatic carbocycles. The number of para-hydroxylation sites is 2. The van der Waals surface area contributed by atoms with Crippen LogP contribution in [0.15, 0.2) is 48.5 Å². The molecule has 28 heavy (non-hydrogen) atoms. The third-order valence-electron chi connectivity index (χ3n) is 5.69. The number of fused-ring (bicyclic) bond motifs is 1. The first kappa shape index (κ1) is 18.3. The molecule has 2 amide bonds. The minimum Gasteiger partial charge on any atom is -0.495 e. The van der Waals surface area contributed by atoms with Gasteiger partial charge in [-0.05, 0) is 30.7 Å². The van der Waals surface area contributed by atoms with Crippen LogP contribution in [-0.2, 0) is 11.3 Å². The van der Waals surface area contributed by atoms with Crippen molar-refractivity contribution in [1.82, 2.24) is 9.80 Å². The fourth-order valence-electron chi connectivity index (χ4n) is 4.05. The van der Waals surface area contributed by atoms with E-state index in [2.05, 4.69) is 4.90 Å². The van der Waals surface area contributed by atoms with Gasteiger partial charge in [-0.25, -0.2) is 0 Å². The lowest BCUT2D eigenvalue weighted by atomic mass is 10.1. The van der Waals surface area contributed by atoms with Gasteiger partial charge in [0.1, 0.15) is 11.8 Å². The van der Waals surface area contributed by atoms with E-state index in [1.165, 1.54) is 0 Å². The second-order valence-electron chi connectivity index (χ2n) is 7.25. The normalized spacial score (nSPS) is 17.5. The first-order valence-electron chi connectivity index (χ1n) is 9.66. The van der Waals surface area contributed by atoms with Crippen LogP contribution < -0.4 is 9.64 Å². The Labute approximate surface area is 165 Å². The second kappa shape index (κ2) is 7.54. The zero-order chi connectivity index (χ0) is 19.7. The second-order valence-corrected chi connectivity index (χ2v) is 7.25. The largest absolute Gasteiger partial charge is 0.495 e. The molecule has 1 saturated heterocycles. The van der Waals surface area contributed by atoms with Crippen molar-refractivity contribution in [3.8, 4) is 5.75 Å². The number of ether oxygens (including phenoxy) is 1. The maximum absolute atomic E-state index is 13.0. The summed E-state index contributed by atoms with van der Waals surface area (Å²) in [4.78, 5) is 31.5. The van der Waals surface area contributed by atoms with Crippen LogP contribution in [0.4, 0.5) is 5.69 Å². The van der Waals surface area contributed by atoms with Crippen molar-refractivity contribution in [1.29, 1.82) is 0 Å². The zero-order valence-corrected chi connectivity index (χ0v) is 16.3. The Morgan fingerprint density at radius 3 is 2.39 bits per heavy atom. The monoisotopic (exact) mass is 379 g/mol. The lowest BCUT2D eigenvalue weighted by molar-refractivity contribution is -0.136. The Bertz CT molecular complexity index is 890. The van der Waals surface area contributed by atoms with E-state index in [9.17, 15) is 9.59 Å². The number of rotatable bonds is 4. The first-order valence-corrected chi connectivity index (χ1v) is 9.66. The van der Waals surface area contributed by atoms with E-state index in [4.69, 9.17) is 4.74 Å². The predicted molar refractivity (Wildman–Crippen MR) is 108 cm³/mol. The van der Waals surface area contributed by atoms with Crippen molar-refractivity contribution >= 4 is 17.5 Å². The number of hydrogen-bond acceptors (Lipinski definition) is 4. The molecule has 0 radical (unpaired) electrons. The number of benzene rings is 2. The number of amides is 2. The van der Waals surface area contributed by atoms with Gasteiger partial charge in [0.2, 0.25) is 5.91 Å². The van der Waals surface area contributed by atoms with Crippen molar-refractivity contribution in [2.45, 2.75) is 19.5 Å². The van der Waals surface area contributed by atoms with E-state index in [0.717, 1.165) is 30.1 Å². The van der Waals surface area contributed by atoms with Crippen LogP contribution in [0.25, 0.3) is 0 Å². The minimum atomic E-state index is -0.460. The quantitative estimate of drug-likeness (QED) is 0.819. The van der Waals surface area contributed by atoms with Crippen LogP contribution in [0.3, 0.4) is 0 Å². The van der Waals surface area contributed by atoms with Gasteiger partial charge in [-0.1, -0.05) is 30.3 Å². The summed E-state index contributed by atoms with van der Waals surface area (Å²) in [5.41, 5.74) is 2.76. The lowest BCUT2D eigenvalue weighted by Gasteiger charge is -2.38. The van der Waals surface area contributed by atoms with Gasteiger partial charge < -0.3 is 19.4 Å². The Kier molecular flexibility index (Phi) is 4.94. The highest BCUT2D eigenvalue weighted by Gasteiger charge is 2.36. The van der Waals surface area contributed by atoms with Crippen molar-refractivity contribution < 1.29 is 14.3 Å². The first-order chi connectivity index (χ1) is 13.6. The van der Waals surface area contributed by atoms with Gasteiger partial charge in [-0.3, -0.25) is 9.59 Å². The molecule has 0 aliphatic carbocycles. The van der Waals surface area contributed by atoms with E-state index in [-0.39, 0.29) is 11.8 Å². The van der Waals surface area contributed by atoms with Gasteiger partial charge in [0, 0.05) is 38.3 Å².